The van der Waals surface area contributed by atoms with Gasteiger partial charge in [-0.25, -0.2) is 4.98 Å². The predicted octanol–water partition coefficient (Wildman–Crippen LogP) is 4.43. The number of aromatic nitrogens is 2. The van der Waals surface area contributed by atoms with Gasteiger partial charge >= 0.3 is 0 Å². The summed E-state index contributed by atoms with van der Waals surface area (Å²) in [5.74, 6) is 1.25. The number of halogens is 2. The third-order valence-corrected chi connectivity index (χ3v) is 4.32. The maximum absolute atomic E-state index is 6.10. The Hall–Kier alpha value is -1.27. The highest BCUT2D eigenvalue weighted by molar-refractivity contribution is 14.1. The molecule has 0 N–H and O–H groups in total. The minimum atomic E-state index is 0.386. The van der Waals surface area contributed by atoms with Crippen LogP contribution in [0.1, 0.15) is 5.82 Å². The smallest absolute Gasteiger partial charge is 0.129 e. The molecule has 0 aliphatic heterocycles. The minimum absolute atomic E-state index is 0.386. The van der Waals surface area contributed by atoms with Crippen molar-refractivity contribution < 1.29 is 0 Å². The molecule has 0 spiro atoms. The van der Waals surface area contributed by atoms with Crippen molar-refractivity contribution in [3.8, 4) is 5.69 Å². The number of hydrogen-bond acceptors (Lipinski definition) is 2. The summed E-state index contributed by atoms with van der Waals surface area (Å²) in [4.78, 5) is 6.74. The van der Waals surface area contributed by atoms with Crippen LogP contribution in [0.3, 0.4) is 0 Å². The first kappa shape index (κ1) is 14.7. The third-order valence-electron chi connectivity index (χ3n) is 3.41. The van der Waals surface area contributed by atoms with Gasteiger partial charge in [-0.3, -0.25) is 4.57 Å². The van der Waals surface area contributed by atoms with Crippen LogP contribution in [0.15, 0.2) is 42.5 Å². The number of hydrogen-bond donors (Lipinski definition) is 0. The van der Waals surface area contributed by atoms with Crippen molar-refractivity contribution in [3.05, 3.63) is 51.9 Å². The Morgan fingerprint density at radius 1 is 1.19 bits per heavy atom. The molecule has 5 heteroatoms. The van der Waals surface area contributed by atoms with E-state index in [1.54, 1.807) is 0 Å². The summed E-state index contributed by atoms with van der Waals surface area (Å²) in [7, 11) is 4.08. The van der Waals surface area contributed by atoms with Crippen LogP contribution < -0.4 is 4.90 Å². The van der Waals surface area contributed by atoms with Crippen molar-refractivity contribution in [2.75, 3.05) is 19.0 Å². The van der Waals surface area contributed by atoms with Crippen LogP contribution in [-0.2, 0) is 5.88 Å². The van der Waals surface area contributed by atoms with E-state index < -0.39 is 0 Å². The van der Waals surface area contributed by atoms with Gasteiger partial charge in [0.05, 0.1) is 16.9 Å². The van der Waals surface area contributed by atoms with Gasteiger partial charge < -0.3 is 4.90 Å². The van der Waals surface area contributed by atoms with Gasteiger partial charge in [-0.1, -0.05) is 6.07 Å². The standard InChI is InChI=1S/C16H15ClIN3/c1-20(2)12-4-3-5-13(9-12)21-15-7-6-11(18)8-14(15)19-16(21)10-17/h3-9H,10H2,1-2H3. The van der Waals surface area contributed by atoms with Gasteiger partial charge in [0.1, 0.15) is 5.82 Å². The summed E-state index contributed by atoms with van der Waals surface area (Å²) in [6, 6.07) is 14.7. The molecule has 0 aliphatic rings. The van der Waals surface area contributed by atoms with Crippen LogP contribution >= 0.6 is 34.2 Å². The zero-order chi connectivity index (χ0) is 15.0. The SMILES string of the molecule is CN(C)c1cccc(-n2c(CCl)nc3cc(I)ccc32)c1. The van der Waals surface area contributed by atoms with Crippen LogP contribution in [0.25, 0.3) is 16.7 Å². The van der Waals surface area contributed by atoms with E-state index in [0.29, 0.717) is 5.88 Å². The summed E-state index contributed by atoms with van der Waals surface area (Å²) in [5, 5.41) is 0. The number of anilines is 1. The van der Waals surface area contributed by atoms with Gasteiger partial charge in [0.2, 0.25) is 0 Å². The fourth-order valence-corrected chi connectivity index (χ4v) is 3.05. The first-order valence-corrected chi connectivity index (χ1v) is 8.22. The lowest BCUT2D eigenvalue weighted by molar-refractivity contribution is 0.979. The normalized spacial score (nSPS) is 11.0. The molecule has 0 atom stereocenters. The molecule has 3 nitrogen and oxygen atoms in total. The number of nitrogens with zero attached hydrogens (tertiary/aromatic N) is 3. The van der Waals surface area contributed by atoms with Gasteiger partial charge in [-0.05, 0) is 59.0 Å². The monoisotopic (exact) mass is 411 g/mol. The predicted molar refractivity (Wildman–Crippen MR) is 97.7 cm³/mol. The number of alkyl halides is 1. The minimum Gasteiger partial charge on any atom is -0.378 e. The van der Waals surface area contributed by atoms with E-state index in [1.807, 2.05) is 14.1 Å². The van der Waals surface area contributed by atoms with Crippen LogP contribution in [0, 0.1) is 3.57 Å². The second-order valence-electron chi connectivity index (χ2n) is 5.04. The van der Waals surface area contributed by atoms with E-state index in [1.165, 1.54) is 3.57 Å². The summed E-state index contributed by atoms with van der Waals surface area (Å²) >= 11 is 8.40. The highest BCUT2D eigenvalue weighted by atomic mass is 127. The van der Waals surface area contributed by atoms with E-state index in [2.05, 4.69) is 79.5 Å². The van der Waals surface area contributed by atoms with Crippen LogP contribution in [0.2, 0.25) is 0 Å². The fraction of sp³-hybridized carbons (Fsp3) is 0.188. The van der Waals surface area contributed by atoms with Gasteiger partial charge in [0, 0.05) is 29.0 Å². The molecule has 0 aliphatic carbocycles. The molecule has 0 bridgehead atoms. The lowest BCUT2D eigenvalue weighted by Crippen LogP contribution is -2.09. The Morgan fingerprint density at radius 3 is 2.71 bits per heavy atom. The third kappa shape index (κ3) is 2.74. The molecule has 0 radical (unpaired) electrons. The largest absolute Gasteiger partial charge is 0.378 e. The Morgan fingerprint density at radius 2 is 2.00 bits per heavy atom. The first-order chi connectivity index (χ1) is 10.1. The van der Waals surface area contributed by atoms with Crippen molar-refractivity contribution in [1.82, 2.24) is 9.55 Å². The summed E-state index contributed by atoms with van der Waals surface area (Å²) in [6.07, 6.45) is 0. The van der Waals surface area contributed by atoms with Crippen molar-refractivity contribution >= 4 is 50.9 Å². The lowest BCUT2D eigenvalue weighted by Gasteiger charge is -2.15. The summed E-state index contributed by atoms with van der Waals surface area (Å²) in [5.41, 5.74) is 4.30. The van der Waals surface area contributed by atoms with Crippen LogP contribution in [0.4, 0.5) is 5.69 Å². The second kappa shape index (κ2) is 5.85. The second-order valence-corrected chi connectivity index (χ2v) is 6.56. The van der Waals surface area contributed by atoms with Crippen molar-refractivity contribution in [2.24, 2.45) is 0 Å². The molecule has 0 saturated heterocycles. The van der Waals surface area contributed by atoms with Crippen molar-refractivity contribution in [1.29, 1.82) is 0 Å². The Bertz CT molecular complexity index is 795. The first-order valence-electron chi connectivity index (χ1n) is 6.61. The maximum Gasteiger partial charge on any atom is 0.129 e. The van der Waals surface area contributed by atoms with Crippen LogP contribution in [-0.4, -0.2) is 23.6 Å². The molecule has 21 heavy (non-hydrogen) atoms. The molecule has 108 valence electrons. The molecule has 0 saturated carbocycles. The molecular weight excluding hydrogens is 397 g/mol. The molecule has 1 heterocycles. The molecule has 0 fully saturated rings. The molecule has 1 aromatic heterocycles. The number of fused-ring (bicyclic) bond motifs is 1. The molecule has 0 unspecified atom stereocenters. The van der Waals surface area contributed by atoms with E-state index in [9.17, 15) is 0 Å². The van der Waals surface area contributed by atoms with Crippen molar-refractivity contribution in [3.63, 3.8) is 0 Å². The molecule has 3 rings (SSSR count). The van der Waals surface area contributed by atoms with Crippen molar-refractivity contribution in [2.45, 2.75) is 5.88 Å². The summed E-state index contributed by atoms with van der Waals surface area (Å²) in [6.45, 7) is 0. The van der Waals surface area contributed by atoms with Gasteiger partial charge in [-0.2, -0.15) is 0 Å². The molecule has 2 aromatic carbocycles. The highest BCUT2D eigenvalue weighted by Gasteiger charge is 2.12. The van der Waals surface area contributed by atoms with Gasteiger partial charge in [0.15, 0.2) is 0 Å². The van der Waals surface area contributed by atoms with Gasteiger partial charge in [-0.15, -0.1) is 11.6 Å². The Balaban J connectivity index is 2.25. The van der Waals surface area contributed by atoms with E-state index in [-0.39, 0.29) is 0 Å². The highest BCUT2D eigenvalue weighted by Crippen LogP contribution is 2.26. The fourth-order valence-electron chi connectivity index (χ4n) is 2.39. The quantitative estimate of drug-likeness (QED) is 0.469. The average molecular weight is 412 g/mol. The molecular formula is C16H15ClIN3. The van der Waals surface area contributed by atoms with E-state index in [4.69, 9.17) is 11.6 Å². The van der Waals surface area contributed by atoms with E-state index in [0.717, 1.165) is 28.2 Å². The van der Waals surface area contributed by atoms with Gasteiger partial charge in [0.25, 0.3) is 0 Å². The maximum atomic E-state index is 6.10. The summed E-state index contributed by atoms with van der Waals surface area (Å²) < 4.78 is 3.30. The molecule has 3 aromatic rings. The number of imidazole rings is 1. The van der Waals surface area contributed by atoms with E-state index >= 15 is 0 Å². The average Bonchev–Trinajstić information content (AvgIpc) is 2.84. The lowest BCUT2D eigenvalue weighted by atomic mass is 10.2. The Labute approximate surface area is 142 Å². The topological polar surface area (TPSA) is 21.1 Å². The number of benzene rings is 2. The number of rotatable bonds is 3. The zero-order valence-corrected chi connectivity index (χ0v) is 14.8. The Kier molecular flexibility index (Phi) is 4.08. The van der Waals surface area contributed by atoms with Crippen LogP contribution in [0.5, 0.6) is 0 Å². The zero-order valence-electron chi connectivity index (χ0n) is 11.8. The molecule has 0 amide bonds.